The first-order chi connectivity index (χ1) is 22.2. The molecule has 11 nitrogen and oxygen atoms in total. The van der Waals surface area contributed by atoms with Crippen molar-refractivity contribution < 1.29 is 52.1 Å². The molecule has 1 aliphatic carbocycles. The Morgan fingerprint density at radius 2 is 1.74 bits per heavy atom. The Kier molecular flexibility index (Phi) is 7.91. The minimum atomic E-state index is -1.76. The van der Waals surface area contributed by atoms with Gasteiger partial charge in [-0.1, -0.05) is 43.8 Å². The van der Waals surface area contributed by atoms with E-state index in [1.54, 1.807) is 38.1 Å². The highest BCUT2D eigenvalue weighted by Gasteiger charge is 2.75. The van der Waals surface area contributed by atoms with Crippen LogP contribution < -0.4 is 0 Å². The lowest BCUT2D eigenvalue weighted by Crippen LogP contribution is -2.64. The van der Waals surface area contributed by atoms with Crippen molar-refractivity contribution in [1.82, 2.24) is 0 Å². The van der Waals surface area contributed by atoms with Gasteiger partial charge in [0.1, 0.15) is 35.8 Å². The molecule has 1 aromatic heterocycles. The van der Waals surface area contributed by atoms with Crippen LogP contribution in [0.3, 0.4) is 0 Å². The molecule has 3 aliphatic heterocycles. The molecule has 11 heteroatoms. The van der Waals surface area contributed by atoms with Gasteiger partial charge in [-0.05, 0) is 50.5 Å². The van der Waals surface area contributed by atoms with E-state index in [4.69, 9.17) is 28.1 Å². The number of rotatable bonds is 6. The van der Waals surface area contributed by atoms with Gasteiger partial charge < -0.3 is 32.9 Å². The van der Waals surface area contributed by atoms with Crippen LogP contribution in [0.2, 0.25) is 0 Å². The largest absolute Gasteiger partial charge is 0.472 e. The molecule has 4 aliphatic rings. The Labute approximate surface area is 272 Å². The highest BCUT2D eigenvalue weighted by atomic mass is 16.6. The highest BCUT2D eigenvalue weighted by molar-refractivity contribution is 5.95. The number of hydrogen-bond donors (Lipinski definition) is 0. The molecule has 0 N–H and O–H groups in total. The molecule has 3 saturated heterocycles. The van der Waals surface area contributed by atoms with Crippen LogP contribution >= 0.6 is 0 Å². The summed E-state index contributed by atoms with van der Waals surface area (Å²) >= 11 is 0. The minimum absolute atomic E-state index is 0.187. The van der Waals surface area contributed by atoms with Gasteiger partial charge in [0.2, 0.25) is 0 Å². The zero-order valence-corrected chi connectivity index (χ0v) is 26.9. The van der Waals surface area contributed by atoms with Gasteiger partial charge in [0.15, 0.2) is 18.0 Å². The minimum Gasteiger partial charge on any atom is -0.472 e. The van der Waals surface area contributed by atoms with Gasteiger partial charge in [-0.25, -0.2) is 4.79 Å². The summed E-state index contributed by atoms with van der Waals surface area (Å²) in [7, 11) is 0. The lowest BCUT2D eigenvalue weighted by Gasteiger charge is -2.54. The van der Waals surface area contributed by atoms with Crippen molar-refractivity contribution >= 4 is 36.1 Å². The number of ketones is 1. The van der Waals surface area contributed by atoms with E-state index in [2.05, 4.69) is 6.58 Å². The van der Waals surface area contributed by atoms with E-state index in [1.807, 2.05) is 25.1 Å². The van der Waals surface area contributed by atoms with E-state index in [9.17, 15) is 24.0 Å². The zero-order valence-electron chi connectivity index (χ0n) is 26.9. The van der Waals surface area contributed by atoms with E-state index >= 15 is 0 Å². The van der Waals surface area contributed by atoms with Crippen LogP contribution in [0.5, 0.6) is 0 Å². The molecule has 4 heterocycles. The second kappa shape index (κ2) is 11.4. The van der Waals surface area contributed by atoms with Crippen molar-refractivity contribution in [3.8, 4) is 0 Å². The fourth-order valence-corrected chi connectivity index (χ4v) is 8.09. The maximum Gasteiger partial charge on any atom is 0.331 e. The third kappa shape index (κ3) is 4.98. The Morgan fingerprint density at radius 3 is 2.38 bits per heavy atom. The van der Waals surface area contributed by atoms with Crippen LogP contribution in [0.15, 0.2) is 71.6 Å². The van der Waals surface area contributed by atoms with Crippen LogP contribution in [0, 0.1) is 16.7 Å². The van der Waals surface area contributed by atoms with Crippen molar-refractivity contribution in [2.24, 2.45) is 16.7 Å². The first-order valence-electron chi connectivity index (χ1n) is 15.5. The van der Waals surface area contributed by atoms with Crippen molar-refractivity contribution in [1.29, 1.82) is 0 Å². The Balaban J connectivity index is 1.50. The average Bonchev–Trinajstić information content (AvgIpc) is 3.61. The van der Waals surface area contributed by atoms with Crippen LogP contribution in [-0.4, -0.2) is 65.6 Å². The van der Waals surface area contributed by atoms with Crippen LogP contribution in [0.4, 0.5) is 0 Å². The van der Waals surface area contributed by atoms with Gasteiger partial charge in [0.05, 0.1) is 24.4 Å². The van der Waals surface area contributed by atoms with Crippen LogP contribution in [-0.2, 0) is 47.7 Å². The number of carbonyl (C=O) groups is 5. The maximum atomic E-state index is 14.9. The van der Waals surface area contributed by atoms with E-state index < -0.39 is 82.2 Å². The molecule has 6 rings (SSSR count). The summed E-state index contributed by atoms with van der Waals surface area (Å²) in [5.41, 5.74) is -4.10. The normalized spacial score (nSPS) is 37.6. The molecule has 0 amide bonds. The van der Waals surface area contributed by atoms with Crippen molar-refractivity contribution in [3.05, 3.63) is 78.3 Å². The van der Waals surface area contributed by atoms with E-state index in [1.165, 1.54) is 32.4 Å². The second-order valence-corrected chi connectivity index (χ2v) is 13.8. The SMILES string of the molecule is C=C1[C@@H]2C[C@@]3(C)[C@H](c4ccoc4)OC(=O)C[C@]13O[C@H]1[C@H](OC(C)=O)[C@@H](OC(=O)/C=C/c3ccccc3)C(C)(C)O[C@H](C=O)C1(C)C2=O. The number of furan rings is 1. The molecule has 2 aromatic rings. The number of hydrogen-bond acceptors (Lipinski definition) is 11. The maximum absolute atomic E-state index is 14.9. The number of benzene rings is 1. The molecule has 47 heavy (non-hydrogen) atoms. The number of carbonyl (C=O) groups excluding carboxylic acids is 5. The molecular formula is C36H38O11. The molecule has 9 atom stereocenters. The summed E-state index contributed by atoms with van der Waals surface area (Å²) in [6.07, 6.45) is -0.397. The van der Waals surface area contributed by atoms with Crippen LogP contribution in [0.1, 0.15) is 64.7 Å². The molecule has 1 saturated carbocycles. The molecule has 1 spiro atoms. The standard InChI is InChI=1S/C36H38O11/c1-20-24-16-34(5)30(23-14-15-42-19-23)45-27(40)17-36(20,34)47-32-28(43-21(2)38)31(44-26(39)13-12-22-10-8-7-9-11-22)33(3,4)46-25(18-37)35(32,6)29(24)41/h7-15,18-19,24-25,28,30-32H,1,16-17H2,2-6H3/b13-12+/t24-,25+,28+,30-,31+,32-,34-,35?,36-/m0/s1. The van der Waals surface area contributed by atoms with Crippen LogP contribution in [0.25, 0.3) is 6.08 Å². The van der Waals surface area contributed by atoms with Crippen molar-refractivity contribution in [2.75, 3.05) is 0 Å². The Bertz CT molecular complexity index is 1640. The highest BCUT2D eigenvalue weighted by Crippen LogP contribution is 2.68. The van der Waals surface area contributed by atoms with Gasteiger partial charge >= 0.3 is 17.9 Å². The second-order valence-electron chi connectivity index (χ2n) is 13.8. The summed E-state index contributed by atoms with van der Waals surface area (Å²) in [6, 6.07) is 10.8. The van der Waals surface area contributed by atoms with E-state index in [0.29, 0.717) is 17.4 Å². The molecule has 248 valence electrons. The molecule has 1 aromatic carbocycles. The molecule has 0 radical (unpaired) electrons. The lowest BCUT2D eigenvalue weighted by molar-refractivity contribution is -0.254. The predicted molar refractivity (Wildman–Crippen MR) is 164 cm³/mol. The topological polar surface area (TPSA) is 145 Å². The summed E-state index contributed by atoms with van der Waals surface area (Å²) in [5.74, 6) is -3.43. The number of fused-ring (bicyclic) bond motifs is 2. The number of Topliss-reactive ketones (excluding diaryl/α,β-unsaturated/α-hetero) is 1. The van der Waals surface area contributed by atoms with Gasteiger partial charge in [0, 0.05) is 29.9 Å². The third-order valence-corrected chi connectivity index (χ3v) is 10.5. The monoisotopic (exact) mass is 646 g/mol. The molecular weight excluding hydrogens is 608 g/mol. The van der Waals surface area contributed by atoms with Crippen molar-refractivity contribution in [2.45, 2.75) is 89.2 Å². The number of aldehydes is 1. The first-order valence-corrected chi connectivity index (χ1v) is 15.5. The summed E-state index contributed by atoms with van der Waals surface area (Å²) < 4.78 is 36.5. The number of ether oxygens (including phenoxy) is 5. The first kappa shape index (κ1) is 32.6. The van der Waals surface area contributed by atoms with E-state index in [-0.39, 0.29) is 12.8 Å². The Morgan fingerprint density at radius 1 is 1.02 bits per heavy atom. The quantitative estimate of drug-likeness (QED) is 0.144. The third-order valence-electron chi connectivity index (χ3n) is 10.5. The average molecular weight is 647 g/mol. The zero-order chi connectivity index (χ0) is 33.9. The fourth-order valence-electron chi connectivity index (χ4n) is 8.09. The van der Waals surface area contributed by atoms with E-state index in [0.717, 1.165) is 5.56 Å². The molecule has 2 bridgehead atoms. The van der Waals surface area contributed by atoms with Crippen molar-refractivity contribution in [3.63, 3.8) is 0 Å². The fraction of sp³-hybridized carbons (Fsp3) is 0.472. The van der Waals surface area contributed by atoms with Gasteiger partial charge in [0.25, 0.3) is 0 Å². The number of cyclic esters (lactones) is 1. The van der Waals surface area contributed by atoms with Gasteiger partial charge in [-0.2, -0.15) is 0 Å². The smallest absolute Gasteiger partial charge is 0.331 e. The summed E-state index contributed by atoms with van der Waals surface area (Å²) in [4.78, 5) is 67.3. The lowest BCUT2D eigenvalue weighted by atomic mass is 9.64. The predicted octanol–water partition coefficient (Wildman–Crippen LogP) is 4.50. The number of esters is 3. The summed E-state index contributed by atoms with van der Waals surface area (Å²) in [6.45, 7) is 12.0. The molecule has 1 unspecified atom stereocenters. The van der Waals surface area contributed by atoms with Gasteiger partial charge in [-0.15, -0.1) is 0 Å². The molecule has 4 fully saturated rings. The van der Waals surface area contributed by atoms with Gasteiger partial charge in [-0.3, -0.25) is 14.4 Å². The summed E-state index contributed by atoms with van der Waals surface area (Å²) in [5, 5.41) is 0. The Hall–Kier alpha value is -4.35.